The standard InChI is InChI=1S/C14H14N2O4S/c1-3-20-14(19)12-8(2)7-10(21-12)16-13(18)11-9(17)5-4-6-15-11/h4-7,17H,3H2,1-2H3,(H,16,18). The van der Waals surface area contributed by atoms with Crippen molar-refractivity contribution in [3.05, 3.63) is 40.5 Å². The Balaban J connectivity index is 2.17. The number of anilines is 1. The lowest BCUT2D eigenvalue weighted by Crippen LogP contribution is -2.12. The van der Waals surface area contributed by atoms with Crippen LogP contribution in [-0.4, -0.2) is 28.6 Å². The number of carbonyl (C=O) groups is 2. The molecule has 0 aliphatic carbocycles. The number of aromatic hydroxyl groups is 1. The summed E-state index contributed by atoms with van der Waals surface area (Å²) >= 11 is 1.12. The van der Waals surface area contributed by atoms with Crippen molar-refractivity contribution >= 4 is 28.2 Å². The molecule has 0 aliphatic rings. The minimum Gasteiger partial charge on any atom is -0.505 e. The van der Waals surface area contributed by atoms with Crippen molar-refractivity contribution in [1.29, 1.82) is 0 Å². The molecule has 2 N–H and O–H groups in total. The number of ether oxygens (including phenoxy) is 1. The van der Waals surface area contributed by atoms with E-state index in [9.17, 15) is 14.7 Å². The van der Waals surface area contributed by atoms with E-state index in [-0.39, 0.29) is 11.4 Å². The van der Waals surface area contributed by atoms with E-state index in [0.29, 0.717) is 16.5 Å². The SMILES string of the molecule is CCOC(=O)c1sc(NC(=O)c2ncccc2O)cc1C. The molecule has 21 heavy (non-hydrogen) atoms. The topological polar surface area (TPSA) is 88.5 Å². The van der Waals surface area contributed by atoms with Crippen LogP contribution in [0.5, 0.6) is 5.75 Å². The number of nitrogens with zero attached hydrogens (tertiary/aromatic N) is 1. The number of pyridine rings is 1. The van der Waals surface area contributed by atoms with Gasteiger partial charge in [0.05, 0.1) is 11.6 Å². The minimum atomic E-state index is -0.537. The Bertz CT molecular complexity index is 681. The molecule has 2 aromatic heterocycles. The van der Waals surface area contributed by atoms with Crippen LogP contribution in [0, 0.1) is 6.92 Å². The van der Waals surface area contributed by atoms with Crippen molar-refractivity contribution in [1.82, 2.24) is 4.98 Å². The van der Waals surface area contributed by atoms with Crippen molar-refractivity contribution in [2.45, 2.75) is 13.8 Å². The van der Waals surface area contributed by atoms with Crippen LogP contribution in [0.2, 0.25) is 0 Å². The predicted molar refractivity (Wildman–Crippen MR) is 78.9 cm³/mol. The Hall–Kier alpha value is -2.41. The van der Waals surface area contributed by atoms with Gasteiger partial charge in [0.15, 0.2) is 5.69 Å². The summed E-state index contributed by atoms with van der Waals surface area (Å²) in [5, 5.41) is 12.7. The van der Waals surface area contributed by atoms with Crippen LogP contribution in [0.1, 0.15) is 32.6 Å². The van der Waals surface area contributed by atoms with Crippen molar-refractivity contribution in [2.24, 2.45) is 0 Å². The molecule has 0 atom stereocenters. The number of hydrogen-bond donors (Lipinski definition) is 2. The summed E-state index contributed by atoms with van der Waals surface area (Å²) in [6.07, 6.45) is 1.42. The molecule has 0 bridgehead atoms. The van der Waals surface area contributed by atoms with Crippen LogP contribution in [0.3, 0.4) is 0 Å². The third-order valence-electron chi connectivity index (χ3n) is 2.62. The van der Waals surface area contributed by atoms with E-state index >= 15 is 0 Å². The highest BCUT2D eigenvalue weighted by Crippen LogP contribution is 2.28. The van der Waals surface area contributed by atoms with Crippen molar-refractivity contribution in [3.8, 4) is 5.75 Å². The monoisotopic (exact) mass is 306 g/mol. The summed E-state index contributed by atoms with van der Waals surface area (Å²) in [7, 11) is 0. The van der Waals surface area contributed by atoms with E-state index in [4.69, 9.17) is 4.74 Å². The molecule has 0 aliphatic heterocycles. The van der Waals surface area contributed by atoms with Crippen LogP contribution >= 0.6 is 11.3 Å². The molecule has 0 spiro atoms. The van der Waals surface area contributed by atoms with Gasteiger partial charge in [-0.05, 0) is 37.6 Å². The molecule has 2 aromatic rings. The van der Waals surface area contributed by atoms with E-state index in [1.807, 2.05) is 0 Å². The normalized spacial score (nSPS) is 10.2. The Kier molecular flexibility index (Phi) is 4.54. The maximum absolute atomic E-state index is 12.0. The van der Waals surface area contributed by atoms with E-state index in [0.717, 1.165) is 16.9 Å². The third-order valence-corrected chi connectivity index (χ3v) is 3.75. The second kappa shape index (κ2) is 6.36. The first-order valence-corrected chi connectivity index (χ1v) is 7.07. The van der Waals surface area contributed by atoms with Crippen molar-refractivity contribution in [3.63, 3.8) is 0 Å². The predicted octanol–water partition coefficient (Wildman–Crippen LogP) is 2.59. The van der Waals surface area contributed by atoms with E-state index in [2.05, 4.69) is 10.3 Å². The molecule has 110 valence electrons. The van der Waals surface area contributed by atoms with Gasteiger partial charge in [0.1, 0.15) is 10.6 Å². The first-order valence-electron chi connectivity index (χ1n) is 6.25. The second-order valence-electron chi connectivity index (χ2n) is 4.17. The van der Waals surface area contributed by atoms with E-state index in [1.165, 1.54) is 18.3 Å². The Morgan fingerprint density at radius 3 is 2.90 bits per heavy atom. The van der Waals surface area contributed by atoms with Crippen molar-refractivity contribution in [2.75, 3.05) is 11.9 Å². The molecule has 0 radical (unpaired) electrons. The Morgan fingerprint density at radius 2 is 2.24 bits per heavy atom. The summed E-state index contributed by atoms with van der Waals surface area (Å²) in [6, 6.07) is 4.58. The second-order valence-corrected chi connectivity index (χ2v) is 5.22. The summed E-state index contributed by atoms with van der Waals surface area (Å²) in [4.78, 5) is 28.0. The molecule has 2 heterocycles. The molecule has 0 saturated heterocycles. The van der Waals surface area contributed by atoms with Crippen molar-refractivity contribution < 1.29 is 19.4 Å². The smallest absolute Gasteiger partial charge is 0.348 e. The molecule has 0 unspecified atom stereocenters. The number of esters is 1. The maximum Gasteiger partial charge on any atom is 0.348 e. The van der Waals surface area contributed by atoms with Gasteiger partial charge in [0.2, 0.25) is 0 Å². The lowest BCUT2D eigenvalue weighted by Gasteiger charge is -2.03. The number of rotatable bonds is 4. The molecular formula is C14H14N2O4S. The number of thiophene rings is 1. The number of hydrogen-bond acceptors (Lipinski definition) is 6. The van der Waals surface area contributed by atoms with Gasteiger partial charge in [0.25, 0.3) is 5.91 Å². The van der Waals surface area contributed by atoms with Gasteiger partial charge < -0.3 is 15.2 Å². The highest BCUT2D eigenvalue weighted by atomic mass is 32.1. The number of aromatic nitrogens is 1. The zero-order valence-electron chi connectivity index (χ0n) is 11.5. The summed E-state index contributed by atoms with van der Waals surface area (Å²) in [5.41, 5.74) is 0.653. The fourth-order valence-corrected chi connectivity index (χ4v) is 2.65. The number of carbonyl (C=O) groups excluding carboxylic acids is 2. The highest BCUT2D eigenvalue weighted by molar-refractivity contribution is 7.18. The largest absolute Gasteiger partial charge is 0.505 e. The first-order chi connectivity index (χ1) is 10.0. The average Bonchev–Trinajstić information content (AvgIpc) is 2.80. The number of nitrogens with one attached hydrogen (secondary N) is 1. The minimum absolute atomic E-state index is 0.0683. The maximum atomic E-state index is 12.0. The fourth-order valence-electron chi connectivity index (χ4n) is 1.69. The van der Waals surface area contributed by atoms with Gasteiger partial charge in [-0.3, -0.25) is 4.79 Å². The first kappa shape index (κ1) is 15.0. The van der Waals surface area contributed by atoms with Crippen LogP contribution in [0.15, 0.2) is 24.4 Å². The van der Waals surface area contributed by atoms with Gasteiger partial charge in [-0.25, -0.2) is 9.78 Å². The molecule has 0 saturated carbocycles. The van der Waals surface area contributed by atoms with Gasteiger partial charge >= 0.3 is 5.97 Å². The molecule has 0 aromatic carbocycles. The van der Waals surface area contributed by atoms with Crippen LogP contribution in [-0.2, 0) is 4.74 Å². The third kappa shape index (κ3) is 3.38. The van der Waals surface area contributed by atoms with Gasteiger partial charge in [-0.2, -0.15) is 0 Å². The highest BCUT2D eigenvalue weighted by Gasteiger charge is 2.18. The van der Waals surface area contributed by atoms with E-state index < -0.39 is 11.9 Å². The van der Waals surface area contributed by atoms with Gasteiger partial charge in [-0.15, -0.1) is 11.3 Å². The lowest BCUT2D eigenvalue weighted by atomic mass is 10.3. The lowest BCUT2D eigenvalue weighted by molar-refractivity contribution is 0.0531. The molecule has 1 amide bonds. The fraction of sp³-hybridized carbons (Fsp3) is 0.214. The van der Waals surface area contributed by atoms with Gasteiger partial charge in [-0.1, -0.05) is 0 Å². The molecule has 0 fully saturated rings. The Morgan fingerprint density at radius 1 is 1.48 bits per heavy atom. The summed E-state index contributed by atoms with van der Waals surface area (Å²) in [5.74, 6) is -1.15. The Labute approximate surface area is 125 Å². The molecule has 2 rings (SSSR count). The summed E-state index contributed by atoms with van der Waals surface area (Å²) < 4.78 is 4.94. The van der Waals surface area contributed by atoms with Crippen LogP contribution in [0.25, 0.3) is 0 Å². The molecular weight excluding hydrogens is 292 g/mol. The zero-order chi connectivity index (χ0) is 15.4. The zero-order valence-corrected chi connectivity index (χ0v) is 12.4. The van der Waals surface area contributed by atoms with E-state index in [1.54, 1.807) is 19.9 Å². The average molecular weight is 306 g/mol. The quantitative estimate of drug-likeness (QED) is 0.848. The van der Waals surface area contributed by atoms with Crippen LogP contribution < -0.4 is 5.32 Å². The molecule has 7 heteroatoms. The van der Waals surface area contributed by atoms with Gasteiger partial charge in [0, 0.05) is 6.20 Å². The number of amides is 1. The number of aryl methyl sites for hydroxylation is 1. The summed E-state index contributed by atoms with van der Waals surface area (Å²) in [6.45, 7) is 3.78. The van der Waals surface area contributed by atoms with Crippen LogP contribution in [0.4, 0.5) is 5.00 Å². The molecule has 6 nitrogen and oxygen atoms in total.